The van der Waals surface area contributed by atoms with Gasteiger partial charge in [-0.3, -0.25) is 4.90 Å². The monoisotopic (exact) mass is 264 g/mol. The van der Waals surface area contributed by atoms with Gasteiger partial charge in [0.15, 0.2) is 0 Å². The summed E-state index contributed by atoms with van der Waals surface area (Å²) in [5.41, 5.74) is 1.34. The summed E-state index contributed by atoms with van der Waals surface area (Å²) in [6.45, 7) is 5.44. The fraction of sp³-hybridized carbons (Fsp3) is 0.733. The van der Waals surface area contributed by atoms with Gasteiger partial charge in [0, 0.05) is 38.6 Å². The molecule has 0 unspecified atom stereocenters. The Morgan fingerprint density at radius 3 is 3.05 bits per heavy atom. The van der Waals surface area contributed by atoms with E-state index >= 15 is 0 Å². The van der Waals surface area contributed by atoms with Crippen molar-refractivity contribution in [2.75, 3.05) is 39.5 Å². The molecule has 0 radical (unpaired) electrons. The zero-order valence-corrected chi connectivity index (χ0v) is 11.8. The number of hydrogen-bond acceptors (Lipinski definition) is 3. The Kier molecular flexibility index (Phi) is 4.21. The topological polar surface area (TPSA) is 26.6 Å². The first kappa shape index (κ1) is 13.2. The van der Waals surface area contributed by atoms with Crippen LogP contribution in [0.25, 0.3) is 0 Å². The second-order valence-corrected chi connectivity index (χ2v) is 5.69. The van der Waals surface area contributed by atoms with E-state index in [1.54, 1.807) is 0 Å². The molecule has 0 spiro atoms. The highest BCUT2D eigenvalue weighted by atomic mass is 16.5. The van der Waals surface area contributed by atoms with E-state index in [4.69, 9.17) is 9.47 Å². The molecule has 0 aromatic carbocycles. The SMILES string of the molecule is Cn1cccc1[C@@H]1COCCN1CCOCC1CC1. The maximum absolute atomic E-state index is 5.77. The summed E-state index contributed by atoms with van der Waals surface area (Å²) in [6.07, 6.45) is 4.83. The molecule has 1 aliphatic carbocycles. The van der Waals surface area contributed by atoms with Crippen molar-refractivity contribution in [3.8, 4) is 0 Å². The third-order valence-corrected chi connectivity index (χ3v) is 4.14. The van der Waals surface area contributed by atoms with Gasteiger partial charge in [-0.2, -0.15) is 0 Å². The predicted molar refractivity (Wildman–Crippen MR) is 74.1 cm³/mol. The third-order valence-electron chi connectivity index (χ3n) is 4.14. The van der Waals surface area contributed by atoms with Gasteiger partial charge in [0.25, 0.3) is 0 Å². The average molecular weight is 264 g/mol. The predicted octanol–water partition coefficient (Wildman–Crippen LogP) is 1.82. The number of hydrogen-bond donors (Lipinski definition) is 0. The highest BCUT2D eigenvalue weighted by molar-refractivity contribution is 5.12. The van der Waals surface area contributed by atoms with Gasteiger partial charge < -0.3 is 14.0 Å². The summed E-state index contributed by atoms with van der Waals surface area (Å²) in [6, 6.07) is 4.67. The van der Waals surface area contributed by atoms with Crippen LogP contribution in [0, 0.1) is 5.92 Å². The fourth-order valence-corrected chi connectivity index (χ4v) is 2.71. The second-order valence-electron chi connectivity index (χ2n) is 5.69. The number of aromatic nitrogens is 1. The first-order chi connectivity index (χ1) is 9.34. The van der Waals surface area contributed by atoms with Gasteiger partial charge >= 0.3 is 0 Å². The standard InChI is InChI=1S/C15H24N2O2/c1-16-6-2-3-14(16)15-12-19-10-8-17(15)7-9-18-11-13-4-5-13/h2-3,6,13,15H,4-5,7-12H2,1H3/t15-/m0/s1. The van der Waals surface area contributed by atoms with Crippen LogP contribution in [0.4, 0.5) is 0 Å². The van der Waals surface area contributed by atoms with Gasteiger partial charge in [-0.15, -0.1) is 0 Å². The smallest absolute Gasteiger partial charge is 0.0738 e. The molecular formula is C15H24N2O2. The number of nitrogens with zero attached hydrogens (tertiary/aromatic N) is 2. The summed E-state index contributed by atoms with van der Waals surface area (Å²) in [5.74, 6) is 0.855. The molecule has 0 N–H and O–H groups in total. The number of ether oxygens (including phenoxy) is 2. The van der Waals surface area contributed by atoms with E-state index in [0.29, 0.717) is 6.04 Å². The number of morpholine rings is 1. The van der Waals surface area contributed by atoms with Crippen molar-refractivity contribution in [3.63, 3.8) is 0 Å². The molecule has 0 amide bonds. The van der Waals surface area contributed by atoms with Crippen LogP contribution in [-0.2, 0) is 16.5 Å². The van der Waals surface area contributed by atoms with Crippen molar-refractivity contribution in [2.24, 2.45) is 13.0 Å². The van der Waals surface area contributed by atoms with Gasteiger partial charge in [0.05, 0.1) is 25.9 Å². The average Bonchev–Trinajstić information content (AvgIpc) is 3.16. The zero-order valence-electron chi connectivity index (χ0n) is 11.8. The largest absolute Gasteiger partial charge is 0.380 e. The van der Waals surface area contributed by atoms with Crippen molar-refractivity contribution in [1.82, 2.24) is 9.47 Å². The summed E-state index contributed by atoms with van der Waals surface area (Å²) in [4.78, 5) is 2.49. The Balaban J connectivity index is 1.52. The Morgan fingerprint density at radius 2 is 2.32 bits per heavy atom. The molecule has 0 bridgehead atoms. The molecule has 1 saturated heterocycles. The van der Waals surface area contributed by atoms with E-state index in [9.17, 15) is 0 Å². The van der Waals surface area contributed by atoms with Crippen LogP contribution in [0.15, 0.2) is 18.3 Å². The van der Waals surface area contributed by atoms with Gasteiger partial charge in [0.1, 0.15) is 0 Å². The molecule has 1 aliphatic heterocycles. The number of aryl methyl sites for hydroxylation is 1. The lowest BCUT2D eigenvalue weighted by molar-refractivity contribution is -0.0242. The van der Waals surface area contributed by atoms with Crippen molar-refractivity contribution < 1.29 is 9.47 Å². The lowest BCUT2D eigenvalue weighted by Crippen LogP contribution is -2.42. The molecule has 2 heterocycles. The summed E-state index contributed by atoms with van der Waals surface area (Å²) in [5, 5.41) is 0. The van der Waals surface area contributed by atoms with Crippen LogP contribution in [0.1, 0.15) is 24.6 Å². The van der Waals surface area contributed by atoms with Crippen LogP contribution in [0.5, 0.6) is 0 Å². The Bertz CT molecular complexity index is 401. The van der Waals surface area contributed by atoms with Crippen molar-refractivity contribution in [3.05, 3.63) is 24.0 Å². The van der Waals surface area contributed by atoms with Gasteiger partial charge in [0.2, 0.25) is 0 Å². The summed E-state index contributed by atoms with van der Waals surface area (Å²) in [7, 11) is 2.10. The lowest BCUT2D eigenvalue weighted by atomic mass is 10.1. The van der Waals surface area contributed by atoms with E-state index in [1.807, 2.05) is 0 Å². The second kappa shape index (κ2) is 6.07. The molecule has 1 aromatic heterocycles. The zero-order chi connectivity index (χ0) is 13.1. The van der Waals surface area contributed by atoms with Crippen molar-refractivity contribution >= 4 is 0 Å². The van der Waals surface area contributed by atoms with Gasteiger partial charge in [-0.25, -0.2) is 0 Å². The van der Waals surface area contributed by atoms with E-state index in [2.05, 4.69) is 34.8 Å². The number of rotatable bonds is 6. The molecule has 2 fully saturated rings. The van der Waals surface area contributed by atoms with Crippen molar-refractivity contribution in [2.45, 2.75) is 18.9 Å². The van der Waals surface area contributed by atoms with Crippen LogP contribution >= 0.6 is 0 Å². The minimum Gasteiger partial charge on any atom is -0.380 e. The first-order valence-corrected chi connectivity index (χ1v) is 7.35. The Morgan fingerprint density at radius 1 is 1.42 bits per heavy atom. The molecule has 106 valence electrons. The molecule has 1 atom stereocenters. The molecule has 3 rings (SSSR count). The molecule has 1 aromatic rings. The molecule has 4 heteroatoms. The minimum atomic E-state index is 0.373. The molecular weight excluding hydrogens is 240 g/mol. The molecule has 1 saturated carbocycles. The normalized spacial score (nSPS) is 24.8. The van der Waals surface area contributed by atoms with E-state index in [1.165, 1.54) is 18.5 Å². The quantitative estimate of drug-likeness (QED) is 0.733. The van der Waals surface area contributed by atoms with E-state index in [0.717, 1.165) is 45.4 Å². The Labute approximate surface area is 115 Å². The highest BCUT2D eigenvalue weighted by Gasteiger charge is 2.26. The highest BCUT2D eigenvalue weighted by Crippen LogP contribution is 2.29. The van der Waals surface area contributed by atoms with Gasteiger partial charge in [-0.1, -0.05) is 0 Å². The van der Waals surface area contributed by atoms with Crippen LogP contribution in [-0.4, -0.2) is 49.0 Å². The van der Waals surface area contributed by atoms with Crippen molar-refractivity contribution in [1.29, 1.82) is 0 Å². The molecule has 19 heavy (non-hydrogen) atoms. The van der Waals surface area contributed by atoms with E-state index < -0.39 is 0 Å². The van der Waals surface area contributed by atoms with Crippen LogP contribution in [0.2, 0.25) is 0 Å². The molecule has 2 aliphatic rings. The van der Waals surface area contributed by atoms with E-state index in [-0.39, 0.29) is 0 Å². The lowest BCUT2D eigenvalue weighted by Gasteiger charge is -2.35. The summed E-state index contributed by atoms with van der Waals surface area (Å²) < 4.78 is 13.6. The molecule has 4 nitrogen and oxygen atoms in total. The minimum absolute atomic E-state index is 0.373. The third kappa shape index (κ3) is 3.38. The Hall–Kier alpha value is -0.840. The van der Waals surface area contributed by atoms with Gasteiger partial charge in [-0.05, 0) is 30.9 Å². The maximum Gasteiger partial charge on any atom is 0.0738 e. The van der Waals surface area contributed by atoms with Crippen LogP contribution < -0.4 is 0 Å². The first-order valence-electron chi connectivity index (χ1n) is 7.35. The fourth-order valence-electron chi connectivity index (χ4n) is 2.71. The maximum atomic E-state index is 5.77. The summed E-state index contributed by atoms with van der Waals surface area (Å²) >= 11 is 0. The van der Waals surface area contributed by atoms with Crippen LogP contribution in [0.3, 0.4) is 0 Å².